The van der Waals surface area contributed by atoms with Gasteiger partial charge in [-0.25, -0.2) is 4.79 Å². The molecule has 0 aliphatic heterocycles. The van der Waals surface area contributed by atoms with Crippen molar-refractivity contribution in [1.29, 1.82) is 0 Å². The van der Waals surface area contributed by atoms with Crippen molar-refractivity contribution in [3.8, 4) is 11.1 Å². The molecule has 0 spiro atoms. The van der Waals surface area contributed by atoms with Crippen molar-refractivity contribution in [1.82, 2.24) is 5.32 Å². The number of rotatable bonds is 7. The van der Waals surface area contributed by atoms with Crippen molar-refractivity contribution in [3.05, 3.63) is 59.7 Å². The standard InChI is InChI=1S/C25H29NO4/c27-24(28)15-18(14-17-8-2-1-3-9-17)26-25(29)30-16-23-21-12-6-4-10-19(21)20-11-5-7-13-22(20)23/h4-7,10-13,17-18,23H,1-3,8-9,14-16H2,(H,26,29)(H,27,28)/p-1/t18-/m1/s1. The second-order valence-corrected chi connectivity index (χ2v) is 8.48. The summed E-state index contributed by atoms with van der Waals surface area (Å²) in [4.78, 5) is 23.7. The summed E-state index contributed by atoms with van der Waals surface area (Å²) in [7, 11) is 0. The molecule has 0 unspecified atom stereocenters. The normalized spacial score (nSPS) is 17.1. The molecule has 0 saturated heterocycles. The minimum atomic E-state index is -1.14. The van der Waals surface area contributed by atoms with Crippen LogP contribution in [0.2, 0.25) is 0 Å². The van der Waals surface area contributed by atoms with Crippen LogP contribution in [-0.2, 0) is 9.53 Å². The van der Waals surface area contributed by atoms with Gasteiger partial charge in [-0.2, -0.15) is 0 Å². The van der Waals surface area contributed by atoms with Gasteiger partial charge in [-0.3, -0.25) is 0 Å². The van der Waals surface area contributed by atoms with Crippen LogP contribution in [0.5, 0.6) is 0 Å². The molecule has 4 rings (SSSR count). The number of carbonyl (C=O) groups excluding carboxylic acids is 2. The number of aliphatic carboxylic acids is 1. The molecule has 1 atom stereocenters. The minimum absolute atomic E-state index is 0.0129. The van der Waals surface area contributed by atoms with Gasteiger partial charge < -0.3 is 20.0 Å². The minimum Gasteiger partial charge on any atom is -0.550 e. The fourth-order valence-corrected chi connectivity index (χ4v) is 5.03. The first kappa shape index (κ1) is 20.5. The molecule has 158 valence electrons. The molecular weight excluding hydrogens is 378 g/mol. The van der Waals surface area contributed by atoms with E-state index in [1.54, 1.807) is 0 Å². The van der Waals surface area contributed by atoms with E-state index in [2.05, 4.69) is 29.6 Å². The summed E-state index contributed by atoms with van der Waals surface area (Å²) in [6.07, 6.45) is 5.70. The predicted octanol–water partition coefficient (Wildman–Crippen LogP) is 4.00. The molecule has 30 heavy (non-hydrogen) atoms. The fraction of sp³-hybridized carbons (Fsp3) is 0.440. The Morgan fingerprint density at radius 3 is 2.17 bits per heavy atom. The van der Waals surface area contributed by atoms with Gasteiger partial charge in [-0.05, 0) is 34.6 Å². The highest BCUT2D eigenvalue weighted by molar-refractivity contribution is 5.79. The van der Waals surface area contributed by atoms with Crippen molar-refractivity contribution < 1.29 is 19.4 Å². The summed E-state index contributed by atoms with van der Waals surface area (Å²) in [6.45, 7) is 0.224. The predicted molar refractivity (Wildman–Crippen MR) is 113 cm³/mol. The van der Waals surface area contributed by atoms with E-state index in [1.807, 2.05) is 24.3 Å². The molecular formula is C25H28NO4-. The Labute approximate surface area is 177 Å². The maximum Gasteiger partial charge on any atom is 0.407 e. The van der Waals surface area contributed by atoms with E-state index in [0.717, 1.165) is 24.0 Å². The highest BCUT2D eigenvalue weighted by Crippen LogP contribution is 2.44. The Balaban J connectivity index is 1.39. The van der Waals surface area contributed by atoms with E-state index in [9.17, 15) is 14.7 Å². The van der Waals surface area contributed by atoms with Gasteiger partial charge in [0.1, 0.15) is 6.61 Å². The lowest BCUT2D eigenvalue weighted by molar-refractivity contribution is -0.306. The Bertz CT molecular complexity index is 858. The van der Waals surface area contributed by atoms with Crippen LogP contribution < -0.4 is 10.4 Å². The second kappa shape index (κ2) is 9.33. The van der Waals surface area contributed by atoms with Gasteiger partial charge in [0.15, 0.2) is 0 Å². The number of alkyl carbamates (subject to hydrolysis) is 1. The van der Waals surface area contributed by atoms with Crippen molar-refractivity contribution in [2.24, 2.45) is 5.92 Å². The monoisotopic (exact) mass is 406 g/mol. The largest absolute Gasteiger partial charge is 0.550 e. The van der Waals surface area contributed by atoms with E-state index in [4.69, 9.17) is 4.74 Å². The third kappa shape index (κ3) is 4.66. The maximum absolute atomic E-state index is 12.5. The van der Waals surface area contributed by atoms with Gasteiger partial charge in [0.25, 0.3) is 0 Å². The summed E-state index contributed by atoms with van der Waals surface area (Å²) < 4.78 is 5.58. The van der Waals surface area contributed by atoms with Gasteiger partial charge in [0, 0.05) is 24.3 Å². The number of benzene rings is 2. The van der Waals surface area contributed by atoms with E-state index >= 15 is 0 Å². The van der Waals surface area contributed by atoms with Gasteiger partial charge in [-0.15, -0.1) is 0 Å². The zero-order valence-corrected chi connectivity index (χ0v) is 17.1. The van der Waals surface area contributed by atoms with Crippen LogP contribution in [-0.4, -0.2) is 24.7 Å². The number of carboxylic acids is 1. The zero-order chi connectivity index (χ0) is 20.9. The van der Waals surface area contributed by atoms with Crippen molar-refractivity contribution in [2.45, 2.75) is 56.9 Å². The molecule has 2 aromatic rings. The molecule has 0 aromatic heterocycles. The number of hydrogen-bond acceptors (Lipinski definition) is 4. The average molecular weight is 407 g/mol. The average Bonchev–Trinajstić information content (AvgIpc) is 3.06. The maximum atomic E-state index is 12.5. The van der Waals surface area contributed by atoms with Crippen molar-refractivity contribution in [2.75, 3.05) is 6.61 Å². The number of ether oxygens (including phenoxy) is 1. The first-order valence-electron chi connectivity index (χ1n) is 10.9. The van der Waals surface area contributed by atoms with Crippen molar-refractivity contribution in [3.63, 3.8) is 0 Å². The van der Waals surface area contributed by atoms with E-state index in [1.165, 1.54) is 30.4 Å². The first-order chi connectivity index (χ1) is 14.6. The molecule has 2 aliphatic carbocycles. The Hall–Kier alpha value is -2.82. The Morgan fingerprint density at radius 2 is 1.57 bits per heavy atom. The Kier molecular flexibility index (Phi) is 6.36. The smallest absolute Gasteiger partial charge is 0.407 e. The van der Waals surface area contributed by atoms with E-state index in [-0.39, 0.29) is 18.9 Å². The molecule has 2 aliphatic rings. The van der Waals surface area contributed by atoms with Gasteiger partial charge in [0.2, 0.25) is 0 Å². The van der Waals surface area contributed by atoms with Crippen LogP contribution in [0.3, 0.4) is 0 Å². The number of amides is 1. The SMILES string of the molecule is O=C([O-])C[C@@H](CC1CCCCC1)NC(=O)OCC1c2ccccc2-c2ccccc21. The summed E-state index contributed by atoms with van der Waals surface area (Å²) in [5, 5.41) is 14.0. The molecule has 1 fully saturated rings. The number of hydrogen-bond donors (Lipinski definition) is 1. The quantitative estimate of drug-likeness (QED) is 0.754. The summed E-state index contributed by atoms with van der Waals surface area (Å²) >= 11 is 0. The number of carboxylic acid groups (broad SMARTS) is 1. The molecule has 2 aromatic carbocycles. The first-order valence-corrected chi connectivity index (χ1v) is 10.9. The molecule has 5 heteroatoms. The number of fused-ring (bicyclic) bond motifs is 3. The van der Waals surface area contributed by atoms with Crippen LogP contribution in [0.1, 0.15) is 62.0 Å². The zero-order valence-electron chi connectivity index (χ0n) is 17.1. The summed E-state index contributed by atoms with van der Waals surface area (Å²) in [5.41, 5.74) is 4.66. The molecule has 1 saturated carbocycles. The lowest BCUT2D eigenvalue weighted by Crippen LogP contribution is -2.41. The fourth-order valence-electron chi connectivity index (χ4n) is 5.03. The highest BCUT2D eigenvalue weighted by Gasteiger charge is 2.29. The Morgan fingerprint density at radius 1 is 0.967 bits per heavy atom. The summed E-state index contributed by atoms with van der Waals surface area (Å²) in [6, 6.07) is 15.9. The molecule has 1 amide bonds. The van der Waals surface area contributed by atoms with Gasteiger partial charge in [0.05, 0.1) is 0 Å². The van der Waals surface area contributed by atoms with Crippen molar-refractivity contribution >= 4 is 12.1 Å². The van der Waals surface area contributed by atoms with Gasteiger partial charge >= 0.3 is 6.09 Å². The lowest BCUT2D eigenvalue weighted by atomic mass is 9.84. The molecule has 0 heterocycles. The van der Waals surface area contributed by atoms with Crippen LogP contribution in [0.25, 0.3) is 11.1 Å². The van der Waals surface area contributed by atoms with Crippen LogP contribution in [0.15, 0.2) is 48.5 Å². The number of carbonyl (C=O) groups is 2. The third-order valence-corrected chi connectivity index (χ3v) is 6.42. The highest BCUT2D eigenvalue weighted by atomic mass is 16.5. The third-order valence-electron chi connectivity index (χ3n) is 6.42. The molecule has 0 bridgehead atoms. The van der Waals surface area contributed by atoms with Crippen LogP contribution >= 0.6 is 0 Å². The lowest BCUT2D eigenvalue weighted by Gasteiger charge is -2.27. The van der Waals surface area contributed by atoms with E-state index < -0.39 is 18.1 Å². The van der Waals surface area contributed by atoms with Crippen LogP contribution in [0.4, 0.5) is 4.79 Å². The molecule has 5 nitrogen and oxygen atoms in total. The van der Waals surface area contributed by atoms with Crippen LogP contribution in [0, 0.1) is 5.92 Å². The molecule has 0 radical (unpaired) electrons. The number of nitrogens with one attached hydrogen (secondary N) is 1. The summed E-state index contributed by atoms with van der Waals surface area (Å²) in [5.74, 6) is -0.701. The molecule has 1 N–H and O–H groups in total. The van der Waals surface area contributed by atoms with E-state index in [0.29, 0.717) is 12.3 Å². The topological polar surface area (TPSA) is 78.5 Å². The second-order valence-electron chi connectivity index (χ2n) is 8.48. The van der Waals surface area contributed by atoms with Gasteiger partial charge in [-0.1, -0.05) is 80.6 Å².